The second kappa shape index (κ2) is 7.92. The van der Waals surface area contributed by atoms with E-state index in [1.807, 2.05) is 47.9 Å². The van der Waals surface area contributed by atoms with Crippen LogP contribution in [-0.4, -0.2) is 22.7 Å². The van der Waals surface area contributed by atoms with Crippen molar-refractivity contribution in [1.82, 2.24) is 4.98 Å². The maximum atomic E-state index is 12.7. The van der Waals surface area contributed by atoms with E-state index in [1.165, 1.54) is 16.2 Å². The minimum atomic E-state index is -0.294. The Balaban J connectivity index is 1.29. The fourth-order valence-electron chi connectivity index (χ4n) is 4.06. The van der Waals surface area contributed by atoms with Gasteiger partial charge >= 0.3 is 0 Å². The monoisotopic (exact) mass is 429 g/mol. The van der Waals surface area contributed by atoms with Crippen molar-refractivity contribution in [2.45, 2.75) is 12.8 Å². The van der Waals surface area contributed by atoms with Crippen molar-refractivity contribution in [1.29, 1.82) is 0 Å². The third-order valence-corrected chi connectivity index (χ3v) is 6.45. The highest BCUT2D eigenvalue weighted by Crippen LogP contribution is 2.37. The summed E-state index contributed by atoms with van der Waals surface area (Å²) in [5, 5.41) is 5.21. The Morgan fingerprint density at radius 1 is 0.935 bits per heavy atom. The van der Waals surface area contributed by atoms with Gasteiger partial charge in [0.25, 0.3) is 5.91 Å². The Bertz CT molecular complexity index is 1160. The first kappa shape index (κ1) is 19.4. The number of allylic oxidation sites excluding steroid dienone is 2. The lowest BCUT2D eigenvalue weighted by molar-refractivity contribution is -0.122. The van der Waals surface area contributed by atoms with Crippen molar-refractivity contribution in [3.8, 4) is 11.3 Å². The van der Waals surface area contributed by atoms with E-state index in [9.17, 15) is 14.4 Å². The SMILES string of the molecule is O=C(Nc1nc(-c2ccccc2)cs1)c1ccc(N2C(=O)C3CC=CCC3C2=O)cc1. The van der Waals surface area contributed by atoms with Gasteiger partial charge in [0.15, 0.2) is 5.13 Å². The van der Waals surface area contributed by atoms with Crippen LogP contribution in [0.25, 0.3) is 11.3 Å². The van der Waals surface area contributed by atoms with E-state index in [0.717, 1.165) is 11.3 Å². The van der Waals surface area contributed by atoms with Gasteiger partial charge in [-0.15, -0.1) is 11.3 Å². The van der Waals surface area contributed by atoms with E-state index in [0.29, 0.717) is 29.2 Å². The van der Waals surface area contributed by atoms with Crippen LogP contribution in [0.15, 0.2) is 72.1 Å². The molecule has 0 radical (unpaired) electrons. The first-order valence-electron chi connectivity index (χ1n) is 10.1. The molecular weight excluding hydrogens is 410 g/mol. The number of amides is 3. The molecule has 1 aliphatic carbocycles. The quantitative estimate of drug-likeness (QED) is 0.489. The number of fused-ring (bicyclic) bond motifs is 1. The van der Waals surface area contributed by atoms with E-state index in [2.05, 4.69) is 10.3 Å². The van der Waals surface area contributed by atoms with Crippen molar-refractivity contribution >= 4 is 39.9 Å². The number of thiazole rings is 1. The van der Waals surface area contributed by atoms with Crippen LogP contribution in [-0.2, 0) is 9.59 Å². The van der Waals surface area contributed by atoms with Crippen molar-refractivity contribution < 1.29 is 14.4 Å². The van der Waals surface area contributed by atoms with Crippen molar-refractivity contribution in [3.05, 3.63) is 77.7 Å². The summed E-state index contributed by atoms with van der Waals surface area (Å²) in [5.74, 6) is -1.16. The lowest BCUT2D eigenvalue weighted by atomic mass is 9.85. The minimum absolute atomic E-state index is 0.159. The maximum absolute atomic E-state index is 12.7. The number of rotatable bonds is 4. The zero-order valence-electron chi connectivity index (χ0n) is 16.5. The Morgan fingerprint density at radius 3 is 2.23 bits per heavy atom. The molecule has 2 aliphatic rings. The first-order valence-corrected chi connectivity index (χ1v) is 10.9. The van der Waals surface area contributed by atoms with Crippen LogP contribution in [0.4, 0.5) is 10.8 Å². The average Bonchev–Trinajstić information content (AvgIpc) is 3.37. The molecule has 2 atom stereocenters. The van der Waals surface area contributed by atoms with Crippen LogP contribution in [0, 0.1) is 11.8 Å². The average molecular weight is 430 g/mol. The number of hydrogen-bond acceptors (Lipinski definition) is 5. The smallest absolute Gasteiger partial charge is 0.257 e. The largest absolute Gasteiger partial charge is 0.298 e. The number of nitrogens with zero attached hydrogens (tertiary/aromatic N) is 2. The molecule has 3 aromatic rings. The van der Waals surface area contributed by atoms with Crippen LogP contribution in [0.2, 0.25) is 0 Å². The Labute approximate surface area is 183 Å². The standard InChI is InChI=1S/C24H19N3O3S/c28-21(26-24-25-20(14-31-24)15-6-2-1-3-7-15)16-10-12-17(13-11-16)27-22(29)18-8-4-5-9-19(18)23(27)30/h1-7,10-14,18-19H,8-9H2,(H,25,26,28). The van der Waals surface area contributed by atoms with E-state index >= 15 is 0 Å². The fourth-order valence-corrected chi connectivity index (χ4v) is 4.77. The molecular formula is C24H19N3O3S. The van der Waals surface area contributed by atoms with Crippen molar-refractivity contribution in [2.24, 2.45) is 11.8 Å². The lowest BCUT2D eigenvalue weighted by Gasteiger charge is -2.15. The van der Waals surface area contributed by atoms with Gasteiger partial charge in [0.2, 0.25) is 11.8 Å². The third kappa shape index (κ3) is 3.57. The topological polar surface area (TPSA) is 79.4 Å². The number of hydrogen-bond donors (Lipinski definition) is 1. The third-order valence-electron chi connectivity index (χ3n) is 5.69. The van der Waals surface area contributed by atoms with Crippen LogP contribution >= 0.6 is 11.3 Å². The molecule has 5 rings (SSSR count). The molecule has 1 N–H and O–H groups in total. The number of carbonyl (C=O) groups excluding carboxylic acids is 3. The van der Waals surface area contributed by atoms with Gasteiger partial charge in [0.05, 0.1) is 23.2 Å². The minimum Gasteiger partial charge on any atom is -0.298 e. The lowest BCUT2D eigenvalue weighted by Crippen LogP contribution is -2.30. The van der Waals surface area contributed by atoms with Crippen molar-refractivity contribution in [3.63, 3.8) is 0 Å². The highest BCUT2D eigenvalue weighted by molar-refractivity contribution is 7.14. The van der Waals surface area contributed by atoms with E-state index in [4.69, 9.17) is 0 Å². The highest BCUT2D eigenvalue weighted by atomic mass is 32.1. The second-order valence-corrected chi connectivity index (χ2v) is 8.43. The summed E-state index contributed by atoms with van der Waals surface area (Å²) in [5.41, 5.74) is 2.72. The van der Waals surface area contributed by atoms with E-state index < -0.39 is 0 Å². The summed E-state index contributed by atoms with van der Waals surface area (Å²) < 4.78 is 0. The molecule has 6 nitrogen and oxygen atoms in total. The molecule has 0 saturated carbocycles. The van der Waals surface area contributed by atoms with Gasteiger partial charge in [0.1, 0.15) is 0 Å². The number of aromatic nitrogens is 1. The number of nitrogens with one attached hydrogen (secondary N) is 1. The van der Waals surface area contributed by atoms with Crippen LogP contribution in [0.5, 0.6) is 0 Å². The van der Waals surface area contributed by atoms with Gasteiger partial charge < -0.3 is 0 Å². The van der Waals surface area contributed by atoms with Gasteiger partial charge in [-0.05, 0) is 37.1 Å². The predicted molar refractivity (Wildman–Crippen MR) is 120 cm³/mol. The van der Waals surface area contributed by atoms with Gasteiger partial charge in [-0.1, -0.05) is 42.5 Å². The normalized spacial score (nSPS) is 20.1. The van der Waals surface area contributed by atoms with Crippen LogP contribution < -0.4 is 10.2 Å². The van der Waals surface area contributed by atoms with Gasteiger partial charge in [-0.25, -0.2) is 4.98 Å². The van der Waals surface area contributed by atoms with E-state index in [-0.39, 0.29) is 29.6 Å². The Hall–Kier alpha value is -3.58. The van der Waals surface area contributed by atoms with Gasteiger partial charge in [-0.3, -0.25) is 24.6 Å². The first-order chi connectivity index (χ1) is 15.1. The number of carbonyl (C=O) groups is 3. The molecule has 1 aromatic heterocycles. The molecule has 31 heavy (non-hydrogen) atoms. The molecule has 3 amide bonds. The molecule has 0 bridgehead atoms. The van der Waals surface area contributed by atoms with Crippen LogP contribution in [0.3, 0.4) is 0 Å². The summed E-state index contributed by atoms with van der Waals surface area (Å²) >= 11 is 1.36. The second-order valence-electron chi connectivity index (χ2n) is 7.57. The van der Waals surface area contributed by atoms with E-state index in [1.54, 1.807) is 24.3 Å². The molecule has 2 aromatic carbocycles. The highest BCUT2D eigenvalue weighted by Gasteiger charge is 2.47. The van der Waals surface area contributed by atoms with Gasteiger partial charge in [0, 0.05) is 16.5 Å². The molecule has 2 unspecified atom stereocenters. The van der Waals surface area contributed by atoms with Crippen LogP contribution in [0.1, 0.15) is 23.2 Å². The number of anilines is 2. The molecule has 154 valence electrons. The fraction of sp³-hybridized carbons (Fsp3) is 0.167. The molecule has 7 heteroatoms. The zero-order valence-corrected chi connectivity index (χ0v) is 17.3. The summed E-state index contributed by atoms with van der Waals surface area (Å²) in [6.07, 6.45) is 5.13. The number of imide groups is 1. The van der Waals surface area contributed by atoms with Crippen molar-refractivity contribution in [2.75, 3.05) is 10.2 Å². The summed E-state index contributed by atoms with van der Waals surface area (Å²) in [6.45, 7) is 0. The Morgan fingerprint density at radius 2 is 1.58 bits per heavy atom. The predicted octanol–water partition coefficient (Wildman–Crippen LogP) is 4.52. The molecule has 2 heterocycles. The molecule has 1 saturated heterocycles. The molecule has 0 spiro atoms. The summed E-state index contributed by atoms with van der Waals surface area (Å²) in [7, 11) is 0. The molecule has 1 fully saturated rings. The number of benzene rings is 2. The summed E-state index contributed by atoms with van der Waals surface area (Å²) in [4.78, 5) is 43.8. The zero-order chi connectivity index (χ0) is 21.4. The van der Waals surface area contributed by atoms with Gasteiger partial charge in [-0.2, -0.15) is 0 Å². The Kier molecular flexibility index (Phi) is 4.95. The summed E-state index contributed by atoms with van der Waals surface area (Å²) in [6, 6.07) is 16.3. The maximum Gasteiger partial charge on any atom is 0.257 e. The molecule has 1 aliphatic heterocycles.